The Hall–Kier alpha value is -0.370. The first kappa shape index (κ1) is 9.72. The lowest BCUT2D eigenvalue weighted by Gasteiger charge is -2.12. The molecule has 0 saturated carbocycles. The fourth-order valence-electron chi connectivity index (χ4n) is 1.36. The van der Waals surface area contributed by atoms with Crippen molar-refractivity contribution in [3.05, 3.63) is 27.5 Å². The van der Waals surface area contributed by atoms with Crippen LogP contribution in [-0.4, -0.2) is 4.98 Å². The number of aryl methyl sites for hydroxylation is 1. The third-order valence-corrected chi connectivity index (χ3v) is 2.80. The molecule has 0 spiro atoms. The Bertz CT molecular complexity index is 292. The maximum absolute atomic E-state index is 4.28. The first-order chi connectivity index (χ1) is 5.54. The second kappa shape index (κ2) is 3.56. The minimum atomic E-state index is 0.534. The average Bonchev–Trinajstić information content (AvgIpc) is 1.97. The number of pyridine rings is 1. The van der Waals surface area contributed by atoms with Gasteiger partial charge >= 0.3 is 0 Å². The van der Waals surface area contributed by atoms with E-state index >= 15 is 0 Å². The molecule has 0 bridgehead atoms. The van der Waals surface area contributed by atoms with Gasteiger partial charge in [-0.05, 0) is 52.4 Å². The van der Waals surface area contributed by atoms with Crippen LogP contribution in [0.25, 0.3) is 0 Å². The van der Waals surface area contributed by atoms with Crippen molar-refractivity contribution in [2.24, 2.45) is 0 Å². The minimum absolute atomic E-state index is 0.534. The number of hydrogen-bond acceptors (Lipinski definition) is 1. The molecule has 1 aromatic heterocycles. The lowest BCUT2D eigenvalue weighted by atomic mass is 9.98. The molecule has 0 aromatic carbocycles. The molecule has 0 N–H and O–H groups in total. The van der Waals surface area contributed by atoms with E-state index in [4.69, 9.17) is 0 Å². The number of aromatic nitrogens is 1. The summed E-state index contributed by atoms with van der Waals surface area (Å²) in [7, 11) is 0. The van der Waals surface area contributed by atoms with Crippen molar-refractivity contribution in [3.63, 3.8) is 0 Å². The number of halogens is 1. The van der Waals surface area contributed by atoms with Crippen LogP contribution in [0.15, 0.2) is 10.8 Å². The topological polar surface area (TPSA) is 12.9 Å². The zero-order chi connectivity index (χ0) is 9.30. The molecule has 0 fully saturated rings. The van der Waals surface area contributed by atoms with Crippen molar-refractivity contribution in [2.75, 3.05) is 0 Å². The van der Waals surface area contributed by atoms with Gasteiger partial charge in [-0.2, -0.15) is 0 Å². The fraction of sp³-hybridized carbons (Fsp3) is 0.500. The maximum Gasteiger partial charge on any atom is 0.109 e. The molecule has 0 aliphatic heterocycles. The van der Waals surface area contributed by atoms with E-state index in [0.717, 1.165) is 4.60 Å². The molecule has 1 nitrogen and oxygen atoms in total. The molecule has 1 rings (SSSR count). The van der Waals surface area contributed by atoms with Gasteiger partial charge in [0.2, 0.25) is 0 Å². The summed E-state index contributed by atoms with van der Waals surface area (Å²) in [6, 6.07) is 0. The number of nitrogens with zero attached hydrogens (tertiary/aromatic N) is 1. The van der Waals surface area contributed by atoms with E-state index in [9.17, 15) is 0 Å². The first-order valence-corrected chi connectivity index (χ1v) is 4.95. The van der Waals surface area contributed by atoms with Crippen molar-refractivity contribution >= 4 is 15.9 Å². The molecule has 2 heteroatoms. The highest BCUT2D eigenvalue weighted by atomic mass is 79.9. The van der Waals surface area contributed by atoms with Crippen LogP contribution in [-0.2, 0) is 0 Å². The van der Waals surface area contributed by atoms with Gasteiger partial charge < -0.3 is 0 Å². The van der Waals surface area contributed by atoms with E-state index in [-0.39, 0.29) is 0 Å². The van der Waals surface area contributed by atoms with Crippen LogP contribution in [0.4, 0.5) is 0 Å². The Kier molecular flexibility index (Phi) is 2.89. The van der Waals surface area contributed by atoms with Crippen LogP contribution in [0, 0.1) is 13.8 Å². The predicted molar refractivity (Wildman–Crippen MR) is 55.5 cm³/mol. The Balaban J connectivity index is 3.33. The van der Waals surface area contributed by atoms with Crippen molar-refractivity contribution in [1.29, 1.82) is 0 Å². The van der Waals surface area contributed by atoms with Gasteiger partial charge in [0, 0.05) is 6.20 Å². The predicted octanol–water partition coefficient (Wildman–Crippen LogP) is 3.58. The first-order valence-electron chi connectivity index (χ1n) is 4.15. The van der Waals surface area contributed by atoms with Crippen LogP contribution < -0.4 is 0 Å². The van der Waals surface area contributed by atoms with Gasteiger partial charge in [-0.3, -0.25) is 0 Å². The summed E-state index contributed by atoms with van der Waals surface area (Å²) in [5.41, 5.74) is 3.95. The van der Waals surface area contributed by atoms with Crippen molar-refractivity contribution in [3.8, 4) is 0 Å². The van der Waals surface area contributed by atoms with Gasteiger partial charge in [0.25, 0.3) is 0 Å². The average molecular weight is 228 g/mol. The molecular formula is C10H14BrN. The summed E-state index contributed by atoms with van der Waals surface area (Å²) in [6.45, 7) is 8.63. The largest absolute Gasteiger partial charge is 0.249 e. The summed E-state index contributed by atoms with van der Waals surface area (Å²) < 4.78 is 0.987. The second-order valence-electron chi connectivity index (χ2n) is 3.43. The van der Waals surface area contributed by atoms with E-state index < -0.39 is 0 Å². The fourth-order valence-corrected chi connectivity index (χ4v) is 2.22. The smallest absolute Gasteiger partial charge is 0.109 e. The molecule has 0 aliphatic carbocycles. The van der Waals surface area contributed by atoms with Crippen molar-refractivity contribution < 1.29 is 0 Å². The van der Waals surface area contributed by atoms with E-state index in [2.05, 4.69) is 48.6 Å². The SMILES string of the molecule is Cc1cnc(Br)c(C(C)C)c1C. The highest BCUT2D eigenvalue weighted by Crippen LogP contribution is 2.27. The Morgan fingerprint density at radius 1 is 1.33 bits per heavy atom. The van der Waals surface area contributed by atoms with Gasteiger partial charge in [-0.1, -0.05) is 13.8 Å². The van der Waals surface area contributed by atoms with E-state index in [1.165, 1.54) is 16.7 Å². The molecular weight excluding hydrogens is 214 g/mol. The van der Waals surface area contributed by atoms with Crippen LogP contribution in [0.1, 0.15) is 36.5 Å². The van der Waals surface area contributed by atoms with E-state index in [0.29, 0.717) is 5.92 Å². The molecule has 12 heavy (non-hydrogen) atoms. The number of hydrogen-bond donors (Lipinski definition) is 0. The van der Waals surface area contributed by atoms with Crippen LogP contribution in [0.2, 0.25) is 0 Å². The molecule has 66 valence electrons. The van der Waals surface area contributed by atoms with Gasteiger partial charge in [0.1, 0.15) is 4.60 Å². The monoisotopic (exact) mass is 227 g/mol. The van der Waals surface area contributed by atoms with Crippen LogP contribution in [0.5, 0.6) is 0 Å². The molecule has 0 saturated heterocycles. The normalized spacial score (nSPS) is 10.8. The minimum Gasteiger partial charge on any atom is -0.249 e. The third-order valence-electron chi connectivity index (χ3n) is 2.17. The summed E-state index contributed by atoms with van der Waals surface area (Å²) in [4.78, 5) is 4.28. The third kappa shape index (κ3) is 1.69. The van der Waals surface area contributed by atoms with E-state index in [1.807, 2.05) is 6.20 Å². The van der Waals surface area contributed by atoms with Crippen LogP contribution in [0.3, 0.4) is 0 Å². The molecule has 0 amide bonds. The lowest BCUT2D eigenvalue weighted by molar-refractivity contribution is 0.834. The highest BCUT2D eigenvalue weighted by Gasteiger charge is 2.10. The van der Waals surface area contributed by atoms with Crippen molar-refractivity contribution in [1.82, 2.24) is 4.98 Å². The molecule has 0 atom stereocenters. The van der Waals surface area contributed by atoms with E-state index in [1.54, 1.807) is 0 Å². The second-order valence-corrected chi connectivity index (χ2v) is 4.18. The van der Waals surface area contributed by atoms with Gasteiger partial charge in [0.15, 0.2) is 0 Å². The number of rotatable bonds is 1. The Morgan fingerprint density at radius 2 is 1.92 bits per heavy atom. The summed E-state index contributed by atoms with van der Waals surface area (Å²) in [5.74, 6) is 0.534. The zero-order valence-corrected chi connectivity index (χ0v) is 9.57. The molecule has 0 unspecified atom stereocenters. The Labute approximate surface area is 82.3 Å². The lowest BCUT2D eigenvalue weighted by Crippen LogP contribution is -1.98. The molecule has 1 aromatic rings. The standard InChI is InChI=1S/C10H14BrN/c1-6(2)9-8(4)7(3)5-12-10(9)11/h5-6H,1-4H3. The van der Waals surface area contributed by atoms with Gasteiger partial charge in [-0.25, -0.2) is 4.98 Å². The zero-order valence-electron chi connectivity index (χ0n) is 7.98. The summed E-state index contributed by atoms with van der Waals surface area (Å²) in [5, 5.41) is 0. The molecule has 0 radical (unpaired) electrons. The quantitative estimate of drug-likeness (QED) is 0.669. The molecule has 0 aliphatic rings. The van der Waals surface area contributed by atoms with Crippen molar-refractivity contribution in [2.45, 2.75) is 33.6 Å². The van der Waals surface area contributed by atoms with Gasteiger partial charge in [-0.15, -0.1) is 0 Å². The highest BCUT2D eigenvalue weighted by molar-refractivity contribution is 9.10. The Morgan fingerprint density at radius 3 is 2.33 bits per heavy atom. The van der Waals surface area contributed by atoms with Gasteiger partial charge in [0.05, 0.1) is 0 Å². The maximum atomic E-state index is 4.28. The summed E-state index contributed by atoms with van der Waals surface area (Å²) >= 11 is 3.47. The molecule has 1 heterocycles. The van der Waals surface area contributed by atoms with Crippen LogP contribution >= 0.6 is 15.9 Å². The summed E-state index contributed by atoms with van der Waals surface area (Å²) in [6.07, 6.45) is 1.91.